The Labute approximate surface area is 142 Å². The van der Waals surface area contributed by atoms with Crippen LogP contribution in [0, 0.1) is 6.92 Å². The molecule has 128 valence electrons. The summed E-state index contributed by atoms with van der Waals surface area (Å²) < 4.78 is 27.4. The second kappa shape index (κ2) is 6.91. The van der Waals surface area contributed by atoms with E-state index >= 15 is 0 Å². The highest BCUT2D eigenvalue weighted by Crippen LogP contribution is 2.30. The number of sulfonamides is 1. The highest BCUT2D eigenvalue weighted by Gasteiger charge is 2.40. The van der Waals surface area contributed by atoms with Crippen molar-refractivity contribution < 1.29 is 13.2 Å². The molecule has 3 rings (SSSR count). The van der Waals surface area contributed by atoms with Gasteiger partial charge in [0, 0.05) is 17.5 Å². The molecule has 1 amide bonds. The summed E-state index contributed by atoms with van der Waals surface area (Å²) in [5.41, 5.74) is 0. The van der Waals surface area contributed by atoms with Crippen LogP contribution in [0.1, 0.15) is 49.8 Å². The van der Waals surface area contributed by atoms with Crippen molar-refractivity contribution in [1.82, 2.24) is 9.62 Å². The first-order chi connectivity index (χ1) is 11.0. The predicted molar refractivity (Wildman–Crippen MR) is 91.0 cm³/mol. The number of aryl methyl sites for hydroxylation is 1. The van der Waals surface area contributed by atoms with Crippen LogP contribution in [0.5, 0.6) is 0 Å². The van der Waals surface area contributed by atoms with Crippen molar-refractivity contribution >= 4 is 27.3 Å². The van der Waals surface area contributed by atoms with Crippen LogP contribution < -0.4 is 5.32 Å². The topological polar surface area (TPSA) is 66.5 Å². The molecule has 1 aliphatic carbocycles. The average Bonchev–Trinajstić information content (AvgIpc) is 3.17. The first-order valence-electron chi connectivity index (χ1n) is 8.37. The summed E-state index contributed by atoms with van der Waals surface area (Å²) in [6.45, 7) is 2.32. The van der Waals surface area contributed by atoms with E-state index in [-0.39, 0.29) is 11.9 Å². The number of thiophene rings is 1. The smallest absolute Gasteiger partial charge is 0.253 e. The van der Waals surface area contributed by atoms with Crippen LogP contribution in [0.2, 0.25) is 0 Å². The van der Waals surface area contributed by atoms with E-state index in [9.17, 15) is 13.2 Å². The van der Waals surface area contributed by atoms with Crippen LogP contribution in [-0.4, -0.2) is 37.3 Å². The first kappa shape index (κ1) is 16.9. The maximum atomic E-state index is 12.8. The van der Waals surface area contributed by atoms with E-state index in [1.54, 1.807) is 6.07 Å². The molecule has 0 radical (unpaired) electrons. The number of carbonyl (C=O) groups excluding carboxylic acids is 1. The fraction of sp³-hybridized carbons (Fsp3) is 0.688. The Kier molecular flexibility index (Phi) is 5.08. The number of hydrogen-bond donors (Lipinski definition) is 1. The Hall–Kier alpha value is -0.920. The summed E-state index contributed by atoms with van der Waals surface area (Å²) in [6.07, 6.45) is 6.89. The zero-order valence-corrected chi connectivity index (χ0v) is 15.1. The molecular weight excluding hydrogens is 332 g/mol. The number of rotatable bonds is 4. The summed E-state index contributed by atoms with van der Waals surface area (Å²) in [4.78, 5) is 13.6. The van der Waals surface area contributed by atoms with Crippen LogP contribution in [0.15, 0.2) is 16.3 Å². The lowest BCUT2D eigenvalue weighted by Gasteiger charge is -2.27. The molecule has 0 bridgehead atoms. The van der Waals surface area contributed by atoms with Crippen LogP contribution >= 0.6 is 11.3 Å². The highest BCUT2D eigenvalue weighted by molar-refractivity contribution is 7.91. The molecule has 2 heterocycles. The van der Waals surface area contributed by atoms with Gasteiger partial charge in [-0.05, 0) is 44.7 Å². The third-order valence-corrected chi connectivity index (χ3v) is 8.11. The van der Waals surface area contributed by atoms with Crippen LogP contribution in [0.3, 0.4) is 0 Å². The van der Waals surface area contributed by atoms with Gasteiger partial charge in [-0.3, -0.25) is 4.79 Å². The summed E-state index contributed by atoms with van der Waals surface area (Å²) in [7, 11) is -3.56. The molecule has 5 nitrogen and oxygen atoms in total. The third kappa shape index (κ3) is 3.61. The number of amides is 1. The molecule has 1 atom stereocenters. The average molecular weight is 357 g/mol. The van der Waals surface area contributed by atoms with E-state index in [1.807, 2.05) is 13.0 Å². The van der Waals surface area contributed by atoms with E-state index in [0.29, 0.717) is 17.2 Å². The minimum atomic E-state index is -3.56. The lowest BCUT2D eigenvalue weighted by atomic mass is 9.95. The predicted octanol–water partition coefficient (Wildman–Crippen LogP) is 2.66. The minimum absolute atomic E-state index is 0.119. The van der Waals surface area contributed by atoms with Gasteiger partial charge in [0.05, 0.1) is 0 Å². The Bertz CT molecular complexity index is 663. The second-order valence-corrected chi connectivity index (χ2v) is 9.89. The number of carbonyl (C=O) groups is 1. The number of nitrogens with zero attached hydrogens (tertiary/aromatic N) is 1. The maximum Gasteiger partial charge on any atom is 0.253 e. The molecule has 23 heavy (non-hydrogen) atoms. The summed E-state index contributed by atoms with van der Waals surface area (Å²) >= 11 is 1.27. The SMILES string of the molecule is Cc1ccc(S(=O)(=O)N2CCCC2C(=O)NC2CCCCC2)s1. The lowest BCUT2D eigenvalue weighted by molar-refractivity contribution is -0.125. The van der Waals surface area contributed by atoms with Gasteiger partial charge in [0.15, 0.2) is 0 Å². The first-order valence-corrected chi connectivity index (χ1v) is 10.6. The largest absolute Gasteiger partial charge is 0.352 e. The molecule has 2 fully saturated rings. The van der Waals surface area contributed by atoms with E-state index < -0.39 is 16.1 Å². The zero-order valence-electron chi connectivity index (χ0n) is 13.5. The van der Waals surface area contributed by atoms with E-state index in [1.165, 1.54) is 22.1 Å². The normalized spacial score (nSPS) is 24.0. The van der Waals surface area contributed by atoms with Crippen molar-refractivity contribution in [2.45, 2.75) is 68.2 Å². The van der Waals surface area contributed by atoms with Gasteiger partial charge in [-0.2, -0.15) is 4.31 Å². The number of hydrogen-bond acceptors (Lipinski definition) is 4. The van der Waals surface area contributed by atoms with Gasteiger partial charge in [-0.15, -0.1) is 11.3 Å². The van der Waals surface area contributed by atoms with Gasteiger partial charge < -0.3 is 5.32 Å². The Morgan fingerprint density at radius 2 is 1.91 bits per heavy atom. The van der Waals surface area contributed by atoms with Crippen molar-refractivity contribution in [2.75, 3.05) is 6.54 Å². The van der Waals surface area contributed by atoms with Crippen molar-refractivity contribution in [2.24, 2.45) is 0 Å². The minimum Gasteiger partial charge on any atom is -0.352 e. The van der Waals surface area contributed by atoms with Gasteiger partial charge in [0.25, 0.3) is 10.0 Å². The van der Waals surface area contributed by atoms with Crippen LogP contribution in [0.25, 0.3) is 0 Å². The molecule has 0 aromatic carbocycles. The van der Waals surface area contributed by atoms with Gasteiger partial charge in [0.2, 0.25) is 5.91 Å². The van der Waals surface area contributed by atoms with Crippen molar-refractivity contribution in [3.05, 3.63) is 17.0 Å². The fourth-order valence-electron chi connectivity index (χ4n) is 3.50. The van der Waals surface area contributed by atoms with E-state index in [4.69, 9.17) is 0 Å². The Balaban J connectivity index is 1.73. The van der Waals surface area contributed by atoms with Crippen LogP contribution in [-0.2, 0) is 14.8 Å². The Morgan fingerprint density at radius 1 is 1.17 bits per heavy atom. The molecule has 2 aliphatic rings. The zero-order chi connectivity index (χ0) is 16.4. The maximum absolute atomic E-state index is 12.8. The molecule has 1 aliphatic heterocycles. The van der Waals surface area contributed by atoms with Gasteiger partial charge in [0.1, 0.15) is 10.3 Å². The summed E-state index contributed by atoms with van der Waals surface area (Å²) in [5, 5.41) is 3.08. The molecule has 0 spiro atoms. The monoisotopic (exact) mass is 356 g/mol. The van der Waals surface area contributed by atoms with Gasteiger partial charge in [-0.25, -0.2) is 8.42 Å². The van der Waals surface area contributed by atoms with E-state index in [2.05, 4.69) is 5.32 Å². The summed E-state index contributed by atoms with van der Waals surface area (Å²) in [6, 6.07) is 3.11. The fourth-order valence-corrected chi connectivity index (χ4v) is 6.57. The number of nitrogens with one attached hydrogen (secondary N) is 1. The molecule has 1 saturated heterocycles. The standard InChI is InChI=1S/C16H24N2O3S2/c1-12-9-10-15(22-12)23(20,21)18-11-5-8-14(18)16(19)17-13-6-3-2-4-7-13/h9-10,13-14H,2-8,11H2,1H3,(H,17,19). The van der Waals surface area contributed by atoms with Crippen molar-refractivity contribution in [3.8, 4) is 0 Å². The molecular formula is C16H24N2O3S2. The van der Waals surface area contributed by atoms with Crippen molar-refractivity contribution in [1.29, 1.82) is 0 Å². The molecule has 1 aromatic rings. The molecule has 1 unspecified atom stereocenters. The van der Waals surface area contributed by atoms with Gasteiger partial charge in [-0.1, -0.05) is 19.3 Å². The summed E-state index contributed by atoms with van der Waals surface area (Å²) in [5.74, 6) is -0.119. The Morgan fingerprint density at radius 3 is 2.57 bits per heavy atom. The quantitative estimate of drug-likeness (QED) is 0.902. The van der Waals surface area contributed by atoms with Crippen molar-refractivity contribution in [3.63, 3.8) is 0 Å². The third-order valence-electron chi connectivity index (χ3n) is 4.74. The lowest BCUT2D eigenvalue weighted by Crippen LogP contribution is -2.49. The molecule has 7 heteroatoms. The molecule has 1 saturated carbocycles. The molecule has 1 N–H and O–H groups in total. The van der Waals surface area contributed by atoms with Crippen LogP contribution in [0.4, 0.5) is 0 Å². The van der Waals surface area contributed by atoms with E-state index in [0.717, 1.165) is 37.0 Å². The highest BCUT2D eigenvalue weighted by atomic mass is 32.2. The second-order valence-electron chi connectivity index (χ2n) is 6.48. The van der Waals surface area contributed by atoms with Gasteiger partial charge >= 0.3 is 0 Å². The molecule has 1 aromatic heterocycles.